The molecule has 1 heterocycles. The summed E-state index contributed by atoms with van der Waals surface area (Å²) in [5, 5.41) is 1.60. The van der Waals surface area contributed by atoms with Crippen LogP contribution in [0.4, 0.5) is 0 Å². The number of aromatic nitrogens is 1. The molecule has 0 fully saturated rings. The molecule has 0 unspecified atom stereocenters. The molecule has 3 nitrogen and oxygen atoms in total. The van der Waals surface area contributed by atoms with Crippen molar-refractivity contribution in [3.8, 4) is 5.75 Å². The van der Waals surface area contributed by atoms with Gasteiger partial charge in [-0.05, 0) is 36.6 Å². The van der Waals surface area contributed by atoms with Gasteiger partial charge in [-0.1, -0.05) is 0 Å². The molecule has 0 saturated carbocycles. The lowest BCUT2D eigenvalue weighted by Gasteiger charge is -2.02. The van der Waals surface area contributed by atoms with Crippen LogP contribution >= 0.6 is 0 Å². The van der Waals surface area contributed by atoms with E-state index in [2.05, 4.69) is 4.98 Å². The Balaban J connectivity index is 2.82. The van der Waals surface area contributed by atoms with Crippen LogP contribution in [0.15, 0.2) is 29.1 Å². The average molecular weight is 189 g/mol. The molecule has 0 aliphatic carbocycles. The van der Waals surface area contributed by atoms with E-state index in [0.29, 0.717) is 5.39 Å². The zero-order valence-electron chi connectivity index (χ0n) is 8.13. The molecule has 1 aromatic heterocycles. The number of hydrogen-bond acceptors (Lipinski definition) is 2. The Morgan fingerprint density at radius 2 is 2.07 bits per heavy atom. The minimum atomic E-state index is -0.0531. The van der Waals surface area contributed by atoms with Crippen molar-refractivity contribution in [1.82, 2.24) is 4.98 Å². The fourth-order valence-electron chi connectivity index (χ4n) is 1.51. The number of aryl methyl sites for hydroxylation is 1. The standard InChI is InChI=1S/C11H11NO2/c1-7-5-8-6-9(14-2)3-4-10(8)11(13)12-7/h3-6H,1-2H3,(H,12,13). The molecule has 72 valence electrons. The maximum Gasteiger partial charge on any atom is 0.256 e. The molecule has 0 aliphatic heterocycles. The summed E-state index contributed by atoms with van der Waals surface area (Å²) in [5.74, 6) is 0.766. The normalized spacial score (nSPS) is 10.4. The summed E-state index contributed by atoms with van der Waals surface area (Å²) < 4.78 is 5.09. The van der Waals surface area contributed by atoms with Crippen LogP contribution in [0, 0.1) is 6.92 Å². The molecule has 0 bridgehead atoms. The molecule has 2 rings (SSSR count). The number of nitrogens with one attached hydrogen (secondary N) is 1. The van der Waals surface area contributed by atoms with Crippen LogP contribution in [0.25, 0.3) is 10.8 Å². The van der Waals surface area contributed by atoms with Crippen molar-refractivity contribution < 1.29 is 4.74 Å². The quantitative estimate of drug-likeness (QED) is 0.743. The van der Waals surface area contributed by atoms with Crippen molar-refractivity contribution in [3.63, 3.8) is 0 Å². The predicted octanol–water partition coefficient (Wildman–Crippen LogP) is 1.85. The molecule has 0 amide bonds. The van der Waals surface area contributed by atoms with Gasteiger partial charge in [0, 0.05) is 11.1 Å². The number of fused-ring (bicyclic) bond motifs is 1. The minimum Gasteiger partial charge on any atom is -0.497 e. The van der Waals surface area contributed by atoms with E-state index in [4.69, 9.17) is 4.74 Å². The molecular formula is C11H11NO2. The van der Waals surface area contributed by atoms with Crippen molar-refractivity contribution in [2.75, 3.05) is 7.11 Å². The summed E-state index contributed by atoms with van der Waals surface area (Å²) in [6.07, 6.45) is 0. The molecule has 2 aromatic rings. The molecule has 0 spiro atoms. The van der Waals surface area contributed by atoms with Crippen LogP contribution in [0.3, 0.4) is 0 Å². The molecule has 3 heteroatoms. The van der Waals surface area contributed by atoms with Crippen LogP contribution in [0.1, 0.15) is 5.69 Å². The van der Waals surface area contributed by atoms with Gasteiger partial charge in [-0.3, -0.25) is 4.79 Å². The summed E-state index contributed by atoms with van der Waals surface area (Å²) >= 11 is 0. The van der Waals surface area contributed by atoms with E-state index in [1.807, 2.05) is 19.1 Å². The van der Waals surface area contributed by atoms with Crippen LogP contribution in [0.5, 0.6) is 5.75 Å². The number of hydrogen-bond donors (Lipinski definition) is 1. The number of rotatable bonds is 1. The Kier molecular flexibility index (Phi) is 2.00. The topological polar surface area (TPSA) is 42.1 Å². The molecular weight excluding hydrogens is 178 g/mol. The van der Waals surface area contributed by atoms with Gasteiger partial charge in [0.1, 0.15) is 5.75 Å². The summed E-state index contributed by atoms with van der Waals surface area (Å²) in [7, 11) is 1.61. The maximum absolute atomic E-state index is 11.5. The molecule has 1 aromatic carbocycles. The van der Waals surface area contributed by atoms with E-state index >= 15 is 0 Å². The summed E-state index contributed by atoms with van der Waals surface area (Å²) in [4.78, 5) is 14.3. The van der Waals surface area contributed by atoms with Crippen LogP contribution in [0.2, 0.25) is 0 Å². The van der Waals surface area contributed by atoms with E-state index < -0.39 is 0 Å². The summed E-state index contributed by atoms with van der Waals surface area (Å²) in [6, 6.07) is 7.34. The van der Waals surface area contributed by atoms with Gasteiger partial charge >= 0.3 is 0 Å². The third-order valence-corrected chi connectivity index (χ3v) is 2.19. The lowest BCUT2D eigenvalue weighted by molar-refractivity contribution is 0.415. The van der Waals surface area contributed by atoms with E-state index in [1.165, 1.54) is 0 Å². The monoisotopic (exact) mass is 189 g/mol. The fourth-order valence-corrected chi connectivity index (χ4v) is 1.51. The summed E-state index contributed by atoms with van der Waals surface area (Å²) in [6.45, 7) is 1.86. The first-order chi connectivity index (χ1) is 6.70. The van der Waals surface area contributed by atoms with Gasteiger partial charge in [-0.25, -0.2) is 0 Å². The molecule has 1 N–H and O–H groups in total. The molecule has 0 aliphatic rings. The molecule has 0 atom stereocenters. The van der Waals surface area contributed by atoms with Gasteiger partial charge in [0.05, 0.1) is 7.11 Å². The van der Waals surface area contributed by atoms with Crippen LogP contribution in [-0.2, 0) is 0 Å². The smallest absolute Gasteiger partial charge is 0.256 e. The number of H-pyrrole nitrogens is 1. The third-order valence-electron chi connectivity index (χ3n) is 2.19. The van der Waals surface area contributed by atoms with E-state index in [0.717, 1.165) is 16.8 Å². The fraction of sp³-hybridized carbons (Fsp3) is 0.182. The van der Waals surface area contributed by atoms with Crippen molar-refractivity contribution in [3.05, 3.63) is 40.3 Å². The Morgan fingerprint density at radius 1 is 1.29 bits per heavy atom. The van der Waals surface area contributed by atoms with Crippen LogP contribution in [-0.4, -0.2) is 12.1 Å². The van der Waals surface area contributed by atoms with Gasteiger partial charge in [0.25, 0.3) is 5.56 Å². The van der Waals surface area contributed by atoms with Crippen molar-refractivity contribution in [2.24, 2.45) is 0 Å². The zero-order chi connectivity index (χ0) is 10.1. The highest BCUT2D eigenvalue weighted by Crippen LogP contribution is 2.17. The SMILES string of the molecule is COc1ccc2c(=O)[nH]c(C)cc2c1. The third kappa shape index (κ3) is 1.37. The average Bonchev–Trinajstić information content (AvgIpc) is 2.16. The van der Waals surface area contributed by atoms with Gasteiger partial charge in [0.2, 0.25) is 0 Å². The highest BCUT2D eigenvalue weighted by molar-refractivity contribution is 5.83. The van der Waals surface area contributed by atoms with E-state index in [-0.39, 0.29) is 5.56 Å². The maximum atomic E-state index is 11.5. The van der Waals surface area contributed by atoms with Crippen LogP contribution < -0.4 is 10.3 Å². The van der Waals surface area contributed by atoms with Crippen molar-refractivity contribution in [1.29, 1.82) is 0 Å². The second-order valence-electron chi connectivity index (χ2n) is 3.23. The molecule has 0 radical (unpaired) electrons. The molecule has 14 heavy (non-hydrogen) atoms. The number of ether oxygens (including phenoxy) is 1. The summed E-state index contributed by atoms with van der Waals surface area (Å²) in [5.41, 5.74) is 0.804. The van der Waals surface area contributed by atoms with Gasteiger partial charge in [0.15, 0.2) is 0 Å². The molecule has 0 saturated heterocycles. The minimum absolute atomic E-state index is 0.0531. The lowest BCUT2D eigenvalue weighted by atomic mass is 10.1. The Labute approximate surface area is 81.3 Å². The number of pyridine rings is 1. The van der Waals surface area contributed by atoms with E-state index in [9.17, 15) is 4.79 Å². The Morgan fingerprint density at radius 3 is 2.79 bits per heavy atom. The highest BCUT2D eigenvalue weighted by atomic mass is 16.5. The zero-order valence-corrected chi connectivity index (χ0v) is 8.13. The Hall–Kier alpha value is -1.77. The highest BCUT2D eigenvalue weighted by Gasteiger charge is 2.00. The van der Waals surface area contributed by atoms with Gasteiger partial charge in [-0.2, -0.15) is 0 Å². The van der Waals surface area contributed by atoms with Crippen molar-refractivity contribution in [2.45, 2.75) is 6.92 Å². The number of benzene rings is 1. The van der Waals surface area contributed by atoms with Gasteiger partial charge < -0.3 is 9.72 Å². The van der Waals surface area contributed by atoms with E-state index in [1.54, 1.807) is 19.2 Å². The largest absolute Gasteiger partial charge is 0.497 e. The van der Waals surface area contributed by atoms with Crippen molar-refractivity contribution >= 4 is 10.8 Å². The first-order valence-electron chi connectivity index (χ1n) is 4.38. The number of aromatic amines is 1. The lowest BCUT2D eigenvalue weighted by Crippen LogP contribution is -2.06. The first kappa shape index (κ1) is 8.81. The first-order valence-corrected chi connectivity index (χ1v) is 4.38. The Bertz CT molecular complexity index is 528. The number of methoxy groups -OCH3 is 1. The second-order valence-corrected chi connectivity index (χ2v) is 3.23. The second kappa shape index (κ2) is 3.18. The predicted molar refractivity (Wildman–Crippen MR) is 55.9 cm³/mol. The van der Waals surface area contributed by atoms with Gasteiger partial charge in [-0.15, -0.1) is 0 Å².